The van der Waals surface area contributed by atoms with Gasteiger partial charge in [-0.3, -0.25) is 4.79 Å². The minimum Gasteiger partial charge on any atom is -0.494 e. The number of aromatic nitrogens is 1. The number of Topliss-reactive ketones (excluding diaryl/α,β-unsaturated/α-hetero) is 1. The molecule has 1 unspecified atom stereocenters. The lowest BCUT2D eigenvalue weighted by molar-refractivity contribution is 0.000448. The SMILES string of the molecule is CB(OC(C)(C)C(C)(C)C)c1ccc(OCCCN2CCCC2C)cc1.CC.CN.O=C1CCCc2nc(Cl)sc21. The number of thiazole rings is 1. The van der Waals surface area contributed by atoms with Crippen molar-refractivity contribution in [3.63, 3.8) is 0 Å². The van der Waals surface area contributed by atoms with E-state index in [1.165, 1.54) is 43.2 Å². The molecule has 2 aromatic rings. The average molecular weight is 608 g/mol. The molecule has 4 rings (SSSR count). The topological polar surface area (TPSA) is 77.7 Å². The van der Waals surface area contributed by atoms with Crippen molar-refractivity contribution in [2.24, 2.45) is 11.1 Å². The van der Waals surface area contributed by atoms with Crippen LogP contribution in [0.5, 0.6) is 5.75 Å². The highest BCUT2D eigenvalue weighted by Gasteiger charge is 2.36. The van der Waals surface area contributed by atoms with Crippen molar-refractivity contribution >= 4 is 41.1 Å². The van der Waals surface area contributed by atoms with Crippen molar-refractivity contribution in [3.05, 3.63) is 39.3 Å². The summed E-state index contributed by atoms with van der Waals surface area (Å²) in [6, 6.07) is 9.13. The fourth-order valence-corrected chi connectivity index (χ4v) is 5.68. The number of rotatable bonds is 8. The third-order valence-corrected chi connectivity index (χ3v) is 9.16. The second-order valence-electron chi connectivity index (χ2n) is 11.8. The van der Waals surface area contributed by atoms with Gasteiger partial charge in [-0.05, 0) is 89.5 Å². The number of benzene rings is 1. The van der Waals surface area contributed by atoms with E-state index in [1.807, 2.05) is 13.8 Å². The van der Waals surface area contributed by atoms with Crippen molar-refractivity contribution in [2.45, 2.75) is 112 Å². The highest BCUT2D eigenvalue weighted by Crippen LogP contribution is 2.33. The zero-order valence-electron chi connectivity index (χ0n) is 27.3. The van der Waals surface area contributed by atoms with Crippen LogP contribution in [0.15, 0.2) is 24.3 Å². The molecule has 1 aliphatic carbocycles. The molecule has 0 saturated carbocycles. The van der Waals surface area contributed by atoms with Crippen molar-refractivity contribution in [1.82, 2.24) is 9.88 Å². The fourth-order valence-electron chi connectivity index (χ4n) is 4.54. The summed E-state index contributed by atoms with van der Waals surface area (Å²) in [6.45, 7) is 22.7. The molecule has 2 N–H and O–H groups in total. The first-order valence-corrected chi connectivity index (χ1v) is 16.5. The quantitative estimate of drug-likeness (QED) is 0.247. The lowest BCUT2D eigenvalue weighted by Crippen LogP contribution is -2.46. The van der Waals surface area contributed by atoms with Gasteiger partial charge in [-0.15, -0.1) is 0 Å². The van der Waals surface area contributed by atoms with Crippen molar-refractivity contribution in [2.75, 3.05) is 26.7 Å². The lowest BCUT2D eigenvalue weighted by Gasteiger charge is -2.40. The van der Waals surface area contributed by atoms with E-state index in [9.17, 15) is 4.79 Å². The van der Waals surface area contributed by atoms with Crippen LogP contribution in [0.25, 0.3) is 0 Å². The molecule has 1 aliphatic heterocycles. The molecule has 2 aliphatic rings. The normalized spacial score (nSPS) is 16.8. The molecule has 0 spiro atoms. The molecule has 41 heavy (non-hydrogen) atoms. The molecule has 1 atom stereocenters. The average Bonchev–Trinajstić information content (AvgIpc) is 3.53. The first-order chi connectivity index (χ1) is 19.4. The van der Waals surface area contributed by atoms with Crippen LogP contribution in [-0.2, 0) is 11.1 Å². The number of carbonyl (C=O) groups is 1. The Morgan fingerprint density at radius 1 is 1.10 bits per heavy atom. The third-order valence-electron chi connectivity index (χ3n) is 7.92. The summed E-state index contributed by atoms with van der Waals surface area (Å²) >= 11 is 6.97. The molecule has 0 radical (unpaired) electrons. The standard InChI is InChI=1S/C22H38BNO2.C7H6ClNOS.C2H6.CH5N/c1-18-10-8-15-24(18)16-9-17-25-20-13-11-19(12-14-20)23(7)26-22(5,6)21(2,3)4;8-7-9-4-2-1-3-5(10)6(4)11-7;2*1-2/h11-14,18H,8-10,15-17H2,1-7H3;1-3H2;1-2H3;2H2,1H3. The van der Waals surface area contributed by atoms with Crippen LogP contribution in [0.1, 0.15) is 103 Å². The number of hydrogen-bond donors (Lipinski definition) is 1. The van der Waals surface area contributed by atoms with Gasteiger partial charge in [0, 0.05) is 19.0 Å². The Balaban J connectivity index is 0.000000462. The number of nitrogens with zero attached hydrogens (tertiary/aromatic N) is 2. The maximum absolute atomic E-state index is 11.2. The number of hydrogen-bond acceptors (Lipinski definition) is 7. The Morgan fingerprint density at radius 2 is 1.73 bits per heavy atom. The molecule has 0 amide bonds. The molecular weight excluding hydrogens is 553 g/mol. The monoisotopic (exact) mass is 607 g/mol. The van der Waals surface area contributed by atoms with Crippen LogP contribution in [0.3, 0.4) is 0 Å². The van der Waals surface area contributed by atoms with Gasteiger partial charge >= 0.3 is 6.92 Å². The van der Waals surface area contributed by atoms with Gasteiger partial charge in [0.05, 0.1) is 22.8 Å². The molecule has 1 fully saturated rings. The number of nitrogens with two attached hydrogens (primary N) is 1. The van der Waals surface area contributed by atoms with E-state index in [0.29, 0.717) is 10.9 Å². The lowest BCUT2D eigenvalue weighted by atomic mass is 9.62. The number of aryl methyl sites for hydroxylation is 1. The fraction of sp³-hybridized carbons (Fsp3) is 0.688. The Kier molecular flexibility index (Phi) is 16.7. The first-order valence-electron chi connectivity index (χ1n) is 15.3. The molecule has 9 heteroatoms. The van der Waals surface area contributed by atoms with E-state index in [2.05, 4.69) is 88.2 Å². The Hall–Kier alpha value is -1.45. The predicted molar refractivity (Wildman–Crippen MR) is 179 cm³/mol. The van der Waals surface area contributed by atoms with E-state index in [0.717, 1.165) is 54.8 Å². The molecular formula is C32H55BClN3O3S. The van der Waals surface area contributed by atoms with Crippen LogP contribution < -0.4 is 15.9 Å². The van der Waals surface area contributed by atoms with Crippen LogP contribution in [0.2, 0.25) is 11.3 Å². The second kappa shape index (κ2) is 18.3. The molecule has 2 heterocycles. The van der Waals surface area contributed by atoms with E-state index < -0.39 is 0 Å². The summed E-state index contributed by atoms with van der Waals surface area (Å²) < 4.78 is 12.8. The molecule has 232 valence electrons. The minimum absolute atomic E-state index is 0.0647. The molecule has 1 aromatic carbocycles. The third kappa shape index (κ3) is 12.0. The van der Waals surface area contributed by atoms with E-state index in [4.69, 9.17) is 21.0 Å². The highest BCUT2D eigenvalue weighted by molar-refractivity contribution is 7.17. The maximum Gasteiger partial charge on any atom is 0.324 e. The van der Waals surface area contributed by atoms with E-state index >= 15 is 0 Å². The van der Waals surface area contributed by atoms with Gasteiger partial charge in [0.25, 0.3) is 0 Å². The van der Waals surface area contributed by atoms with Crippen molar-refractivity contribution in [1.29, 1.82) is 0 Å². The molecule has 1 aromatic heterocycles. The summed E-state index contributed by atoms with van der Waals surface area (Å²) in [5.74, 6) is 1.15. The van der Waals surface area contributed by atoms with Gasteiger partial charge in [-0.1, -0.05) is 76.5 Å². The Morgan fingerprint density at radius 3 is 2.27 bits per heavy atom. The van der Waals surface area contributed by atoms with Gasteiger partial charge < -0.3 is 20.0 Å². The van der Waals surface area contributed by atoms with Crippen molar-refractivity contribution < 1.29 is 14.2 Å². The Bertz CT molecular complexity index is 1020. The maximum atomic E-state index is 11.2. The number of fused-ring (bicyclic) bond motifs is 1. The highest BCUT2D eigenvalue weighted by atomic mass is 35.5. The summed E-state index contributed by atoms with van der Waals surface area (Å²) in [5, 5.41) is 0. The number of carbonyl (C=O) groups excluding carboxylic acids is 1. The molecule has 6 nitrogen and oxygen atoms in total. The number of halogens is 1. The largest absolute Gasteiger partial charge is 0.494 e. The van der Waals surface area contributed by atoms with Crippen LogP contribution in [0, 0.1) is 5.41 Å². The zero-order chi connectivity index (χ0) is 31.2. The summed E-state index contributed by atoms with van der Waals surface area (Å²) in [4.78, 5) is 18.6. The number of ether oxygens (including phenoxy) is 1. The number of likely N-dealkylation sites (tertiary alicyclic amines) is 1. The summed E-state index contributed by atoms with van der Waals surface area (Å²) in [7, 11) is 1.50. The van der Waals surface area contributed by atoms with Crippen LogP contribution in [0.4, 0.5) is 0 Å². The van der Waals surface area contributed by atoms with Crippen LogP contribution in [-0.4, -0.2) is 61.0 Å². The zero-order valence-corrected chi connectivity index (χ0v) is 28.9. The smallest absolute Gasteiger partial charge is 0.324 e. The summed E-state index contributed by atoms with van der Waals surface area (Å²) in [6.07, 6.45) is 6.26. The van der Waals surface area contributed by atoms with Gasteiger partial charge in [-0.25, -0.2) is 4.98 Å². The van der Waals surface area contributed by atoms with E-state index in [1.54, 1.807) is 0 Å². The van der Waals surface area contributed by atoms with Gasteiger partial charge in [0.15, 0.2) is 10.3 Å². The van der Waals surface area contributed by atoms with Gasteiger partial charge in [-0.2, -0.15) is 0 Å². The molecule has 0 bridgehead atoms. The summed E-state index contributed by atoms with van der Waals surface area (Å²) in [5.41, 5.74) is 6.50. The van der Waals surface area contributed by atoms with Crippen molar-refractivity contribution in [3.8, 4) is 5.75 Å². The predicted octanol–water partition coefficient (Wildman–Crippen LogP) is 7.53. The van der Waals surface area contributed by atoms with Crippen LogP contribution >= 0.6 is 22.9 Å². The second-order valence-corrected chi connectivity index (χ2v) is 13.4. The number of ketones is 1. The van der Waals surface area contributed by atoms with Gasteiger partial charge in [0.2, 0.25) is 0 Å². The van der Waals surface area contributed by atoms with E-state index in [-0.39, 0.29) is 23.7 Å². The minimum atomic E-state index is -0.186. The van der Waals surface area contributed by atoms with Gasteiger partial charge in [0.1, 0.15) is 5.75 Å². The Labute approximate surface area is 259 Å². The first kappa shape index (κ1) is 37.6. The molecule has 1 saturated heterocycles.